The van der Waals surface area contributed by atoms with Gasteiger partial charge in [0.1, 0.15) is 0 Å². The summed E-state index contributed by atoms with van der Waals surface area (Å²) < 4.78 is 10.6. The number of morpholine rings is 1. The number of amides is 1. The molecule has 6 heteroatoms. The molecule has 2 saturated heterocycles. The maximum absolute atomic E-state index is 12.0. The quantitative estimate of drug-likeness (QED) is 0.784. The van der Waals surface area contributed by atoms with Gasteiger partial charge in [0.2, 0.25) is 5.91 Å². The summed E-state index contributed by atoms with van der Waals surface area (Å²) in [5, 5.41) is 8.87. The van der Waals surface area contributed by atoms with Gasteiger partial charge in [0.15, 0.2) is 6.10 Å². The monoisotopic (exact) mass is 257 g/mol. The molecule has 0 aromatic carbocycles. The molecule has 102 valence electrons. The first kappa shape index (κ1) is 13.3. The van der Waals surface area contributed by atoms with Gasteiger partial charge in [-0.1, -0.05) is 0 Å². The number of nitrogens with zero attached hydrogens (tertiary/aromatic N) is 1. The minimum atomic E-state index is -1.01. The molecule has 18 heavy (non-hydrogen) atoms. The topological polar surface area (TPSA) is 76.1 Å². The fraction of sp³-hybridized carbons (Fsp3) is 0.833. The van der Waals surface area contributed by atoms with E-state index in [4.69, 9.17) is 14.6 Å². The van der Waals surface area contributed by atoms with Crippen molar-refractivity contribution in [3.8, 4) is 0 Å². The van der Waals surface area contributed by atoms with Crippen LogP contribution in [-0.4, -0.2) is 60.4 Å². The third-order valence-corrected chi connectivity index (χ3v) is 3.37. The average Bonchev–Trinajstić information content (AvgIpc) is 2.40. The van der Waals surface area contributed by atoms with Crippen LogP contribution in [0.15, 0.2) is 0 Å². The van der Waals surface area contributed by atoms with Gasteiger partial charge in [-0.2, -0.15) is 0 Å². The third kappa shape index (κ3) is 3.43. The van der Waals surface area contributed by atoms with Crippen molar-refractivity contribution in [3.63, 3.8) is 0 Å². The van der Waals surface area contributed by atoms with E-state index in [2.05, 4.69) is 0 Å². The Balaban J connectivity index is 1.82. The predicted molar refractivity (Wildman–Crippen MR) is 62.2 cm³/mol. The highest BCUT2D eigenvalue weighted by molar-refractivity contribution is 5.79. The molecule has 0 saturated carbocycles. The second-order valence-corrected chi connectivity index (χ2v) is 4.73. The molecular weight excluding hydrogens is 238 g/mol. The van der Waals surface area contributed by atoms with Crippen molar-refractivity contribution in [2.24, 2.45) is 0 Å². The Morgan fingerprint density at radius 1 is 1.22 bits per heavy atom. The zero-order chi connectivity index (χ0) is 13.0. The summed E-state index contributed by atoms with van der Waals surface area (Å²) in [5.74, 6) is -1.04. The molecule has 0 aromatic heterocycles. The zero-order valence-electron chi connectivity index (χ0n) is 10.3. The molecule has 0 unspecified atom stereocenters. The number of rotatable bonds is 3. The van der Waals surface area contributed by atoms with Gasteiger partial charge in [-0.3, -0.25) is 4.79 Å². The fourth-order valence-corrected chi connectivity index (χ4v) is 2.32. The van der Waals surface area contributed by atoms with Crippen LogP contribution in [0.5, 0.6) is 0 Å². The van der Waals surface area contributed by atoms with E-state index >= 15 is 0 Å². The molecule has 0 aliphatic carbocycles. The third-order valence-electron chi connectivity index (χ3n) is 3.37. The SMILES string of the molecule is O=C(O)[C@@H]1CN(C(=O)C[C@H]2CCCCO2)CCO1. The number of hydrogen-bond acceptors (Lipinski definition) is 4. The standard InChI is InChI=1S/C12H19NO5/c14-11(7-9-3-1-2-5-17-9)13-4-6-18-10(8-13)12(15)16/h9-10H,1-8H2,(H,15,16)/t9-,10+/m1/s1. The number of carbonyl (C=O) groups excluding carboxylic acids is 1. The van der Waals surface area contributed by atoms with Crippen LogP contribution in [0.1, 0.15) is 25.7 Å². The first-order chi connectivity index (χ1) is 8.66. The number of carboxylic acids is 1. The number of hydrogen-bond donors (Lipinski definition) is 1. The van der Waals surface area contributed by atoms with E-state index in [1.54, 1.807) is 4.90 Å². The van der Waals surface area contributed by atoms with Crippen molar-refractivity contribution in [2.45, 2.75) is 37.9 Å². The molecule has 0 bridgehead atoms. The van der Waals surface area contributed by atoms with E-state index in [0.29, 0.717) is 13.0 Å². The van der Waals surface area contributed by atoms with E-state index in [1.807, 2.05) is 0 Å². The van der Waals surface area contributed by atoms with Crippen molar-refractivity contribution in [2.75, 3.05) is 26.3 Å². The Bertz CT molecular complexity index is 314. The van der Waals surface area contributed by atoms with Crippen molar-refractivity contribution in [1.82, 2.24) is 4.90 Å². The second-order valence-electron chi connectivity index (χ2n) is 4.73. The van der Waals surface area contributed by atoms with E-state index in [-0.39, 0.29) is 25.2 Å². The summed E-state index contributed by atoms with van der Waals surface area (Å²) in [7, 11) is 0. The first-order valence-corrected chi connectivity index (χ1v) is 6.40. The molecule has 1 amide bonds. The molecule has 1 N–H and O–H groups in total. The molecular formula is C12H19NO5. The van der Waals surface area contributed by atoms with Crippen molar-refractivity contribution >= 4 is 11.9 Å². The van der Waals surface area contributed by atoms with Gasteiger partial charge < -0.3 is 19.5 Å². The Hall–Kier alpha value is -1.14. The number of ether oxygens (including phenoxy) is 2. The lowest BCUT2D eigenvalue weighted by Crippen LogP contribution is -2.49. The van der Waals surface area contributed by atoms with Gasteiger partial charge in [-0.25, -0.2) is 4.79 Å². The molecule has 2 heterocycles. The maximum Gasteiger partial charge on any atom is 0.334 e. The lowest BCUT2D eigenvalue weighted by Gasteiger charge is -2.32. The van der Waals surface area contributed by atoms with Gasteiger partial charge in [0, 0.05) is 13.2 Å². The maximum atomic E-state index is 12.0. The van der Waals surface area contributed by atoms with Crippen molar-refractivity contribution in [3.05, 3.63) is 0 Å². The summed E-state index contributed by atoms with van der Waals surface area (Å²) in [6.07, 6.45) is 2.53. The highest BCUT2D eigenvalue weighted by Crippen LogP contribution is 2.17. The van der Waals surface area contributed by atoms with Crippen LogP contribution in [0, 0.1) is 0 Å². The van der Waals surface area contributed by atoms with Gasteiger partial charge in [-0.05, 0) is 19.3 Å². The molecule has 0 radical (unpaired) electrons. The lowest BCUT2D eigenvalue weighted by molar-refractivity contribution is -0.160. The van der Waals surface area contributed by atoms with E-state index in [9.17, 15) is 9.59 Å². The number of carbonyl (C=O) groups is 2. The normalized spacial score (nSPS) is 29.0. The zero-order valence-corrected chi connectivity index (χ0v) is 10.3. The van der Waals surface area contributed by atoms with E-state index in [1.165, 1.54) is 0 Å². The minimum absolute atomic E-state index is 0.00243. The molecule has 2 aliphatic rings. The number of carboxylic acid groups (broad SMARTS) is 1. The summed E-state index contributed by atoms with van der Waals surface area (Å²) in [5.41, 5.74) is 0. The highest BCUT2D eigenvalue weighted by atomic mass is 16.5. The smallest absolute Gasteiger partial charge is 0.334 e. The van der Waals surface area contributed by atoms with Crippen LogP contribution in [-0.2, 0) is 19.1 Å². The molecule has 2 fully saturated rings. The molecule has 2 aliphatic heterocycles. The van der Waals surface area contributed by atoms with Gasteiger partial charge in [0.25, 0.3) is 0 Å². The van der Waals surface area contributed by atoms with Crippen LogP contribution in [0.3, 0.4) is 0 Å². The van der Waals surface area contributed by atoms with Crippen molar-refractivity contribution < 1.29 is 24.2 Å². The molecule has 2 atom stereocenters. The molecule has 0 spiro atoms. The van der Waals surface area contributed by atoms with Crippen molar-refractivity contribution in [1.29, 1.82) is 0 Å². The van der Waals surface area contributed by atoms with Crippen LogP contribution >= 0.6 is 0 Å². The summed E-state index contributed by atoms with van der Waals surface area (Å²) in [4.78, 5) is 24.4. The van der Waals surface area contributed by atoms with Crippen LogP contribution in [0.2, 0.25) is 0 Å². The van der Waals surface area contributed by atoms with E-state index in [0.717, 1.165) is 25.9 Å². The second kappa shape index (κ2) is 6.15. The first-order valence-electron chi connectivity index (χ1n) is 6.40. The Morgan fingerprint density at radius 2 is 2.06 bits per heavy atom. The minimum Gasteiger partial charge on any atom is -0.479 e. The Kier molecular flexibility index (Phi) is 4.54. The predicted octanol–water partition coefficient (Wildman–Crippen LogP) is 0.258. The van der Waals surface area contributed by atoms with E-state index < -0.39 is 12.1 Å². The Labute approximate surface area is 106 Å². The molecule has 2 rings (SSSR count). The lowest BCUT2D eigenvalue weighted by atomic mass is 10.1. The van der Waals surface area contributed by atoms with Crippen LogP contribution < -0.4 is 0 Å². The van der Waals surface area contributed by atoms with Gasteiger partial charge in [-0.15, -0.1) is 0 Å². The average molecular weight is 257 g/mol. The highest BCUT2D eigenvalue weighted by Gasteiger charge is 2.30. The molecule has 6 nitrogen and oxygen atoms in total. The summed E-state index contributed by atoms with van der Waals surface area (Å²) >= 11 is 0. The Morgan fingerprint density at radius 3 is 2.72 bits per heavy atom. The van der Waals surface area contributed by atoms with Crippen LogP contribution in [0.4, 0.5) is 0 Å². The fourth-order valence-electron chi connectivity index (χ4n) is 2.32. The number of aliphatic carboxylic acids is 1. The van der Waals surface area contributed by atoms with Gasteiger partial charge >= 0.3 is 5.97 Å². The largest absolute Gasteiger partial charge is 0.479 e. The van der Waals surface area contributed by atoms with Crippen LogP contribution in [0.25, 0.3) is 0 Å². The summed E-state index contributed by atoms with van der Waals surface area (Å²) in [6.45, 7) is 1.61. The summed E-state index contributed by atoms with van der Waals surface area (Å²) in [6, 6.07) is 0. The van der Waals surface area contributed by atoms with Gasteiger partial charge in [0.05, 0.1) is 25.7 Å². The molecule has 0 aromatic rings.